The lowest BCUT2D eigenvalue weighted by molar-refractivity contribution is -0.144. The van der Waals surface area contributed by atoms with Crippen molar-refractivity contribution < 1.29 is 9.53 Å². The monoisotopic (exact) mass is 348 g/mol. The molecule has 130 valence electrons. The molecule has 0 spiro atoms. The molecule has 0 aliphatic carbocycles. The van der Waals surface area contributed by atoms with Gasteiger partial charge in [-0.25, -0.2) is 0 Å². The maximum absolute atomic E-state index is 12.3. The third-order valence-electron chi connectivity index (χ3n) is 4.22. The Hall–Kier alpha value is -3.48. The number of benzene rings is 2. The Kier molecular flexibility index (Phi) is 4.18. The van der Waals surface area contributed by atoms with E-state index in [1.54, 1.807) is 24.3 Å². The quantitative estimate of drug-likeness (QED) is 0.558. The predicted molar refractivity (Wildman–Crippen MR) is 96.8 cm³/mol. The maximum Gasteiger partial charge on any atom is 0.327 e. The molecule has 2 aromatic heterocycles. The van der Waals surface area contributed by atoms with Gasteiger partial charge in [-0.1, -0.05) is 35.5 Å². The third-order valence-corrected chi connectivity index (χ3v) is 4.22. The molecule has 0 bridgehead atoms. The van der Waals surface area contributed by atoms with E-state index in [1.807, 2.05) is 30.5 Å². The molecule has 26 heavy (non-hydrogen) atoms. The second-order valence-electron chi connectivity index (χ2n) is 5.90. The number of para-hydroxylation sites is 1. The summed E-state index contributed by atoms with van der Waals surface area (Å²) in [6.07, 6.45) is 2.51. The fourth-order valence-corrected chi connectivity index (χ4v) is 2.91. The van der Waals surface area contributed by atoms with Crippen LogP contribution < -0.4 is 5.56 Å². The topological polar surface area (TPSA) is 89.9 Å². The lowest BCUT2D eigenvalue weighted by Crippen LogP contribution is -2.28. The molecule has 0 amide bonds. The summed E-state index contributed by atoms with van der Waals surface area (Å²) in [5, 5.41) is 9.28. The molecule has 4 aromatic rings. The first kappa shape index (κ1) is 16.0. The van der Waals surface area contributed by atoms with Gasteiger partial charge in [0.1, 0.15) is 12.1 Å². The number of H-pyrrole nitrogens is 1. The van der Waals surface area contributed by atoms with Crippen molar-refractivity contribution in [1.29, 1.82) is 0 Å². The number of aromatic nitrogens is 4. The Morgan fingerprint density at radius 1 is 1.08 bits per heavy atom. The summed E-state index contributed by atoms with van der Waals surface area (Å²) in [5.74, 6) is -0.517. The Morgan fingerprint density at radius 3 is 2.73 bits per heavy atom. The van der Waals surface area contributed by atoms with Crippen LogP contribution >= 0.6 is 0 Å². The van der Waals surface area contributed by atoms with Crippen LogP contribution in [-0.2, 0) is 22.5 Å². The average Bonchev–Trinajstić information content (AvgIpc) is 3.08. The normalized spacial score (nSPS) is 11.1. The number of aromatic amines is 1. The van der Waals surface area contributed by atoms with Crippen LogP contribution in [0.5, 0.6) is 0 Å². The molecule has 0 fully saturated rings. The third kappa shape index (κ3) is 3.06. The van der Waals surface area contributed by atoms with Crippen molar-refractivity contribution in [1.82, 2.24) is 20.0 Å². The van der Waals surface area contributed by atoms with Crippen LogP contribution in [0.4, 0.5) is 0 Å². The minimum Gasteiger partial charge on any atom is -0.464 e. The molecule has 7 nitrogen and oxygen atoms in total. The van der Waals surface area contributed by atoms with Crippen molar-refractivity contribution in [3.05, 3.63) is 70.6 Å². The van der Waals surface area contributed by atoms with E-state index in [9.17, 15) is 9.59 Å². The molecule has 7 heteroatoms. The summed E-state index contributed by atoms with van der Waals surface area (Å²) >= 11 is 0. The highest BCUT2D eigenvalue weighted by Gasteiger charge is 2.11. The number of hydrogen-bond donors (Lipinski definition) is 1. The number of esters is 1. The largest absolute Gasteiger partial charge is 0.464 e. The first-order valence-corrected chi connectivity index (χ1v) is 8.25. The maximum atomic E-state index is 12.3. The van der Waals surface area contributed by atoms with Gasteiger partial charge in [0.25, 0.3) is 5.56 Å². The summed E-state index contributed by atoms with van der Waals surface area (Å²) in [7, 11) is 0. The zero-order valence-electron chi connectivity index (χ0n) is 13.9. The smallest absolute Gasteiger partial charge is 0.327 e. The number of hydrogen-bond acceptors (Lipinski definition) is 5. The number of rotatable bonds is 5. The van der Waals surface area contributed by atoms with E-state index in [0.29, 0.717) is 17.3 Å². The molecule has 1 N–H and O–H groups in total. The van der Waals surface area contributed by atoms with Gasteiger partial charge in [0.05, 0.1) is 12.0 Å². The Labute approximate surface area is 148 Å². The molecule has 0 aliphatic heterocycles. The summed E-state index contributed by atoms with van der Waals surface area (Å²) in [4.78, 5) is 27.5. The molecule has 2 heterocycles. The van der Waals surface area contributed by atoms with Gasteiger partial charge in [0.2, 0.25) is 0 Å². The molecule has 0 saturated heterocycles. The first-order chi connectivity index (χ1) is 12.7. The Bertz CT molecular complexity index is 1150. The summed E-state index contributed by atoms with van der Waals surface area (Å²) in [6, 6.07) is 14.8. The summed E-state index contributed by atoms with van der Waals surface area (Å²) in [5.41, 5.74) is 2.27. The summed E-state index contributed by atoms with van der Waals surface area (Å²) in [6.45, 7) is -0.0268. The van der Waals surface area contributed by atoms with Crippen molar-refractivity contribution in [2.75, 3.05) is 6.61 Å². The standard InChI is InChI=1S/C19H16N4O3/c24-18(12-23-19(25)15-6-2-4-8-17(15)21-22-23)26-10-9-13-11-20-16-7-3-1-5-14(13)16/h1-8,11,20H,9-10,12H2. The first-order valence-electron chi connectivity index (χ1n) is 8.25. The SMILES string of the molecule is O=C(Cn1nnc2ccccc2c1=O)OCCc1c[nH]c2ccccc12. The van der Waals surface area contributed by atoms with Crippen molar-refractivity contribution in [3.8, 4) is 0 Å². The van der Waals surface area contributed by atoms with Crippen LogP contribution in [0.1, 0.15) is 5.56 Å². The molecule has 0 unspecified atom stereocenters. The van der Waals surface area contributed by atoms with Crippen LogP contribution in [0.15, 0.2) is 59.5 Å². The van der Waals surface area contributed by atoms with Gasteiger partial charge >= 0.3 is 5.97 Å². The number of ether oxygens (including phenoxy) is 1. The molecule has 2 aromatic carbocycles. The molecular formula is C19H16N4O3. The summed E-state index contributed by atoms with van der Waals surface area (Å²) < 4.78 is 6.28. The number of carbonyl (C=O) groups excluding carboxylic acids is 1. The molecule has 0 radical (unpaired) electrons. The van der Waals surface area contributed by atoms with E-state index in [2.05, 4.69) is 15.3 Å². The molecule has 0 atom stereocenters. The number of nitrogens with zero attached hydrogens (tertiary/aromatic N) is 3. The van der Waals surface area contributed by atoms with E-state index in [0.717, 1.165) is 21.1 Å². The van der Waals surface area contributed by atoms with Gasteiger partial charge in [-0.2, -0.15) is 4.68 Å². The average molecular weight is 348 g/mol. The predicted octanol–water partition coefficient (Wildman–Crippen LogP) is 2.06. The van der Waals surface area contributed by atoms with Gasteiger partial charge in [0, 0.05) is 23.5 Å². The van der Waals surface area contributed by atoms with E-state index in [-0.39, 0.29) is 18.7 Å². The highest BCUT2D eigenvalue weighted by Crippen LogP contribution is 2.18. The highest BCUT2D eigenvalue weighted by molar-refractivity contribution is 5.83. The molecule has 4 rings (SSSR count). The van der Waals surface area contributed by atoms with E-state index in [1.165, 1.54) is 0 Å². The second-order valence-corrected chi connectivity index (χ2v) is 5.90. The van der Waals surface area contributed by atoms with Gasteiger partial charge in [-0.05, 0) is 23.8 Å². The Balaban J connectivity index is 1.40. The van der Waals surface area contributed by atoms with Crippen molar-refractivity contribution in [3.63, 3.8) is 0 Å². The Morgan fingerprint density at radius 2 is 1.85 bits per heavy atom. The van der Waals surface area contributed by atoms with Crippen molar-refractivity contribution in [2.24, 2.45) is 0 Å². The van der Waals surface area contributed by atoms with Crippen LogP contribution in [0, 0.1) is 0 Å². The molecular weight excluding hydrogens is 332 g/mol. The van der Waals surface area contributed by atoms with Gasteiger partial charge in [-0.15, -0.1) is 5.10 Å². The van der Waals surface area contributed by atoms with Gasteiger partial charge in [-0.3, -0.25) is 9.59 Å². The molecule has 0 saturated carbocycles. The minimum absolute atomic E-state index is 0.233. The fourth-order valence-electron chi connectivity index (χ4n) is 2.91. The van der Waals surface area contributed by atoms with Crippen LogP contribution in [0.2, 0.25) is 0 Å². The lowest BCUT2D eigenvalue weighted by atomic mass is 10.1. The zero-order chi connectivity index (χ0) is 17.9. The highest BCUT2D eigenvalue weighted by atomic mass is 16.5. The number of carbonyl (C=O) groups is 1. The van der Waals surface area contributed by atoms with E-state index < -0.39 is 5.97 Å². The number of fused-ring (bicyclic) bond motifs is 2. The van der Waals surface area contributed by atoms with E-state index >= 15 is 0 Å². The number of nitrogens with one attached hydrogen (secondary N) is 1. The van der Waals surface area contributed by atoms with Crippen molar-refractivity contribution in [2.45, 2.75) is 13.0 Å². The van der Waals surface area contributed by atoms with E-state index in [4.69, 9.17) is 4.74 Å². The lowest BCUT2D eigenvalue weighted by Gasteiger charge is -2.06. The molecule has 0 aliphatic rings. The minimum atomic E-state index is -0.517. The zero-order valence-corrected chi connectivity index (χ0v) is 13.9. The fraction of sp³-hybridized carbons (Fsp3) is 0.158. The van der Waals surface area contributed by atoms with Crippen molar-refractivity contribution >= 4 is 27.8 Å². The van der Waals surface area contributed by atoms with Gasteiger partial charge in [0.15, 0.2) is 0 Å². The van der Waals surface area contributed by atoms with Gasteiger partial charge < -0.3 is 9.72 Å². The van der Waals surface area contributed by atoms with Crippen LogP contribution in [0.3, 0.4) is 0 Å². The van der Waals surface area contributed by atoms with Crippen LogP contribution in [0.25, 0.3) is 21.8 Å². The van der Waals surface area contributed by atoms with Crippen LogP contribution in [-0.4, -0.2) is 32.6 Å². The second kappa shape index (κ2) is 6.79.